The van der Waals surface area contributed by atoms with E-state index in [1.54, 1.807) is 0 Å². The van der Waals surface area contributed by atoms with E-state index < -0.39 is 11.9 Å². The Bertz CT molecular complexity index is 465. The van der Waals surface area contributed by atoms with Crippen LogP contribution in [0.4, 0.5) is 0 Å². The number of nitrogens with zero attached hydrogens (tertiary/aromatic N) is 1. The molecule has 8 nitrogen and oxygen atoms in total. The van der Waals surface area contributed by atoms with Crippen LogP contribution >= 0.6 is 0 Å². The molecule has 0 aromatic carbocycles. The van der Waals surface area contributed by atoms with E-state index in [-0.39, 0.29) is 54.9 Å². The van der Waals surface area contributed by atoms with Crippen molar-refractivity contribution in [3.05, 3.63) is 12.2 Å². The zero-order valence-corrected chi connectivity index (χ0v) is 19.3. The summed E-state index contributed by atoms with van der Waals surface area (Å²) in [5, 5.41) is 31.8. The van der Waals surface area contributed by atoms with Crippen molar-refractivity contribution in [2.45, 2.75) is 51.9 Å². The van der Waals surface area contributed by atoms with Crippen LogP contribution in [0.2, 0.25) is 0 Å². The summed E-state index contributed by atoms with van der Waals surface area (Å²) in [6.45, 7) is 4.23. The van der Waals surface area contributed by atoms with Crippen molar-refractivity contribution in [3.63, 3.8) is 0 Å². The Hall–Kier alpha value is -0.930. The van der Waals surface area contributed by atoms with Gasteiger partial charge < -0.3 is 29.9 Å². The average Bonchev–Trinajstić information content (AvgIpc) is 2.58. The molecule has 0 aliphatic rings. The van der Waals surface area contributed by atoms with Gasteiger partial charge in [0.15, 0.2) is 0 Å². The molecule has 0 spiro atoms. The van der Waals surface area contributed by atoms with Gasteiger partial charge in [-0.1, -0.05) is 25.8 Å². The average molecular weight is 409 g/mol. The van der Waals surface area contributed by atoms with Crippen molar-refractivity contribution in [2.24, 2.45) is 0 Å². The molecule has 0 aromatic rings. The van der Waals surface area contributed by atoms with Gasteiger partial charge in [0.05, 0.1) is 39.2 Å². The number of unbranched alkanes of at least 4 members (excludes halogenated alkanes) is 2. The smallest absolute Gasteiger partial charge is 0.550 e. The number of aliphatic hydroxyl groups excluding tert-OH is 1. The zero-order valence-electron chi connectivity index (χ0n) is 17.3. The maximum Gasteiger partial charge on any atom is 1.00 e. The van der Waals surface area contributed by atoms with Crippen LogP contribution in [0, 0.1) is 0 Å². The van der Waals surface area contributed by atoms with Crippen LogP contribution in [0.1, 0.15) is 51.9 Å². The molecule has 3 N–H and O–H groups in total. The molecule has 0 aromatic heterocycles. The van der Waals surface area contributed by atoms with Crippen LogP contribution in [0.25, 0.3) is 0 Å². The fourth-order valence-corrected chi connectivity index (χ4v) is 2.99. The van der Waals surface area contributed by atoms with E-state index in [4.69, 9.17) is 5.11 Å². The van der Waals surface area contributed by atoms with Crippen LogP contribution in [0.3, 0.4) is 0 Å². The van der Waals surface area contributed by atoms with E-state index >= 15 is 0 Å². The van der Waals surface area contributed by atoms with Gasteiger partial charge in [-0.15, -0.1) is 0 Å². The molecule has 1 atom stereocenters. The Balaban J connectivity index is 0. The number of aliphatic carboxylic acids is 2. The van der Waals surface area contributed by atoms with Crippen LogP contribution < -0.4 is 40.0 Å². The Labute approximate surface area is 189 Å². The number of hydrogen-bond acceptors (Lipinski definition) is 5. The van der Waals surface area contributed by atoms with Gasteiger partial charge in [0.25, 0.3) is 0 Å². The first-order chi connectivity index (χ1) is 12.8. The molecule has 0 saturated carbocycles. The maximum absolute atomic E-state index is 11.8. The van der Waals surface area contributed by atoms with E-state index in [0.29, 0.717) is 50.0 Å². The molecule has 0 rings (SSSR count). The standard InChI is InChI=1S/C19H34N2O6.Na/c1-2-3-4-5-8-17(23)20-11-14-21(15-16-22,12-6-9-18(24)25)13-7-10-19(26)27;/h5,8,22H,2-4,6-7,9-16H2,1H3,(H2-,20,23,24,25,26,27);/q;+1/b8-5+;. The molecule has 0 heterocycles. The van der Waals surface area contributed by atoms with Gasteiger partial charge in [-0.3, -0.25) is 9.59 Å². The van der Waals surface area contributed by atoms with Crippen molar-refractivity contribution in [2.75, 3.05) is 39.3 Å². The second kappa shape index (κ2) is 18.1. The Morgan fingerprint density at radius 2 is 1.68 bits per heavy atom. The third kappa shape index (κ3) is 16.1. The summed E-state index contributed by atoms with van der Waals surface area (Å²) in [5.74, 6) is -2.21. The molecule has 0 saturated heterocycles. The van der Waals surface area contributed by atoms with Gasteiger partial charge >= 0.3 is 35.5 Å². The number of quaternary nitrogens is 1. The van der Waals surface area contributed by atoms with E-state index in [0.717, 1.165) is 19.3 Å². The SMILES string of the molecule is CCCC/C=C/C(=O)NCC[N+](CCO)(CCCC(=O)[O-])CCCC(=O)O.[Na+]. The van der Waals surface area contributed by atoms with Gasteiger partial charge in [0.2, 0.25) is 5.91 Å². The number of carbonyl (C=O) groups excluding carboxylic acids is 2. The molecule has 9 heteroatoms. The largest absolute Gasteiger partial charge is 1.00 e. The summed E-state index contributed by atoms with van der Waals surface area (Å²) in [5.41, 5.74) is 0. The van der Waals surface area contributed by atoms with Gasteiger partial charge in [-0.25, -0.2) is 0 Å². The molecule has 1 unspecified atom stereocenters. The molecular formula is C19H34N2NaO6+. The Morgan fingerprint density at radius 1 is 1.04 bits per heavy atom. The van der Waals surface area contributed by atoms with Gasteiger partial charge in [-0.2, -0.15) is 0 Å². The second-order valence-electron chi connectivity index (χ2n) is 6.77. The number of amides is 1. The summed E-state index contributed by atoms with van der Waals surface area (Å²) in [4.78, 5) is 33.3. The summed E-state index contributed by atoms with van der Waals surface area (Å²) >= 11 is 0. The van der Waals surface area contributed by atoms with Crippen molar-refractivity contribution in [1.29, 1.82) is 0 Å². The molecule has 0 aliphatic heterocycles. The first kappa shape index (κ1) is 29.3. The summed E-state index contributed by atoms with van der Waals surface area (Å²) in [6, 6.07) is 0. The monoisotopic (exact) mass is 409 g/mol. The van der Waals surface area contributed by atoms with Crippen molar-refractivity contribution < 1.29 is 63.7 Å². The van der Waals surface area contributed by atoms with Crippen LogP contribution in [0.5, 0.6) is 0 Å². The van der Waals surface area contributed by atoms with Crippen LogP contribution in [0.15, 0.2) is 12.2 Å². The quantitative estimate of drug-likeness (QED) is 0.102. The third-order valence-electron chi connectivity index (χ3n) is 4.49. The van der Waals surface area contributed by atoms with E-state index in [1.165, 1.54) is 6.08 Å². The number of carboxylic acids is 2. The minimum atomic E-state index is -1.13. The summed E-state index contributed by atoms with van der Waals surface area (Å²) in [6.07, 6.45) is 7.02. The molecule has 0 fully saturated rings. The van der Waals surface area contributed by atoms with Crippen LogP contribution in [-0.2, 0) is 14.4 Å². The third-order valence-corrected chi connectivity index (χ3v) is 4.49. The number of aliphatic hydroxyl groups is 1. The van der Waals surface area contributed by atoms with Crippen molar-refractivity contribution >= 4 is 17.8 Å². The molecular weight excluding hydrogens is 375 g/mol. The first-order valence-electron chi connectivity index (χ1n) is 9.67. The Morgan fingerprint density at radius 3 is 2.21 bits per heavy atom. The van der Waals surface area contributed by atoms with Crippen molar-refractivity contribution in [1.82, 2.24) is 5.32 Å². The van der Waals surface area contributed by atoms with E-state index in [9.17, 15) is 24.6 Å². The Kier molecular flexibility index (Phi) is 18.9. The molecule has 0 radical (unpaired) electrons. The number of allylic oxidation sites excluding steroid dienone is 1. The predicted molar refractivity (Wildman–Crippen MR) is 99.6 cm³/mol. The number of carbonyl (C=O) groups is 3. The topological polar surface area (TPSA) is 127 Å². The second-order valence-corrected chi connectivity index (χ2v) is 6.77. The minimum absolute atomic E-state index is 0. The number of hydrogen-bond donors (Lipinski definition) is 3. The fraction of sp³-hybridized carbons (Fsp3) is 0.737. The van der Waals surface area contributed by atoms with Crippen LogP contribution in [-0.4, -0.2) is 71.9 Å². The molecule has 0 bridgehead atoms. The minimum Gasteiger partial charge on any atom is -0.550 e. The number of nitrogens with one attached hydrogen (secondary N) is 1. The summed E-state index contributed by atoms with van der Waals surface area (Å²) in [7, 11) is 0. The number of rotatable bonds is 17. The molecule has 28 heavy (non-hydrogen) atoms. The predicted octanol–water partition coefficient (Wildman–Crippen LogP) is -2.94. The maximum atomic E-state index is 11.8. The zero-order chi connectivity index (χ0) is 20.5. The van der Waals surface area contributed by atoms with E-state index in [1.807, 2.05) is 6.08 Å². The van der Waals surface area contributed by atoms with Gasteiger partial charge in [0, 0.05) is 18.8 Å². The van der Waals surface area contributed by atoms with Gasteiger partial charge in [0.1, 0.15) is 6.54 Å². The molecule has 0 aliphatic carbocycles. The fourth-order valence-electron chi connectivity index (χ4n) is 2.99. The molecule has 156 valence electrons. The number of carboxylic acid groups (broad SMARTS) is 2. The normalized spacial score (nSPS) is 12.9. The van der Waals surface area contributed by atoms with Crippen molar-refractivity contribution in [3.8, 4) is 0 Å². The first-order valence-corrected chi connectivity index (χ1v) is 9.67. The van der Waals surface area contributed by atoms with Gasteiger partial charge in [-0.05, 0) is 18.9 Å². The molecule has 1 amide bonds. The van der Waals surface area contributed by atoms with E-state index in [2.05, 4.69) is 12.2 Å². The summed E-state index contributed by atoms with van der Waals surface area (Å²) < 4.78 is 0.372.